The first-order valence-electron chi connectivity index (χ1n) is 24.7. The van der Waals surface area contributed by atoms with E-state index >= 15 is 0 Å². The minimum Gasteiger partial charge on any atom is -0.450 e. The zero-order valence-electron chi connectivity index (χ0n) is 40.6. The van der Waals surface area contributed by atoms with E-state index in [0.29, 0.717) is 7.28 Å². The molecule has 13 rings (SSSR count). The zero-order valence-corrected chi connectivity index (χ0v) is 40.6. The Kier molecular flexibility index (Phi) is 9.06. The van der Waals surface area contributed by atoms with Crippen LogP contribution in [0.2, 0.25) is 0 Å². The van der Waals surface area contributed by atoms with Gasteiger partial charge in [-0.2, -0.15) is 0 Å². The third-order valence-corrected chi connectivity index (χ3v) is 16.1. The lowest BCUT2D eigenvalue weighted by Crippen LogP contribution is -2.41. The van der Waals surface area contributed by atoms with E-state index < -0.39 is 0 Å². The molecule has 2 aliphatic heterocycles. The Hall–Kier alpha value is -7.50. The first-order chi connectivity index (χ1) is 33.3. The van der Waals surface area contributed by atoms with Gasteiger partial charge in [-0.15, -0.1) is 0 Å². The Morgan fingerprint density at radius 2 is 1.13 bits per heavy atom. The van der Waals surface area contributed by atoms with Crippen molar-refractivity contribution in [1.82, 2.24) is 0 Å². The van der Waals surface area contributed by atoms with Gasteiger partial charge >= 0.3 is 0 Å². The van der Waals surface area contributed by atoms with E-state index in [1.807, 2.05) is 24.3 Å². The van der Waals surface area contributed by atoms with Crippen molar-refractivity contribution in [2.24, 2.45) is 0 Å². The standard InChI is InChI=1S/C64H55BN2O2/c1-38-31-49-50(63(4,5)30-29-62(49,2)3)35-53(38)67-54-37-59-58(68-56-23-15-16-24-57(56)69-59)36-51(54)65-61-55(67)32-41-19-11-12-20-43(41)60(61)46-33-45-44-21-13-14-22-47(44)64(6,7)48(45)34-52(46)66-42-27-25-40(26-28-42)39-17-9-8-10-18-39/h8-28,31-37,65-66H,29-30H2,1-7H3. The molecular weight excluding hydrogens is 840 g/mol. The maximum absolute atomic E-state index is 6.69. The van der Waals surface area contributed by atoms with E-state index in [9.17, 15) is 0 Å². The van der Waals surface area contributed by atoms with E-state index in [1.54, 1.807) is 0 Å². The second-order valence-corrected chi connectivity index (χ2v) is 21.7. The fraction of sp³-hybridized carbons (Fsp3) is 0.188. The first kappa shape index (κ1) is 41.7. The number of rotatable bonds is 5. The Morgan fingerprint density at radius 1 is 0.493 bits per heavy atom. The first-order valence-corrected chi connectivity index (χ1v) is 24.7. The summed E-state index contributed by atoms with van der Waals surface area (Å²) in [5.74, 6) is 2.92. The number of fused-ring (bicyclic) bond motifs is 9. The molecule has 336 valence electrons. The number of aryl methyl sites for hydroxylation is 1. The highest BCUT2D eigenvalue weighted by molar-refractivity contribution is 6.74. The number of hydrogen-bond donors (Lipinski definition) is 1. The maximum atomic E-state index is 6.69. The molecule has 0 saturated carbocycles. The third-order valence-electron chi connectivity index (χ3n) is 16.1. The van der Waals surface area contributed by atoms with Gasteiger partial charge in [0.15, 0.2) is 30.3 Å². The van der Waals surface area contributed by atoms with Crippen molar-refractivity contribution in [1.29, 1.82) is 0 Å². The molecule has 9 aromatic rings. The summed E-state index contributed by atoms with van der Waals surface area (Å²) < 4.78 is 13.4. The summed E-state index contributed by atoms with van der Waals surface area (Å²) in [6.45, 7) is 16.8. The fourth-order valence-electron chi connectivity index (χ4n) is 12.1. The van der Waals surface area contributed by atoms with Crippen LogP contribution in [0.3, 0.4) is 0 Å². The second-order valence-electron chi connectivity index (χ2n) is 21.7. The summed E-state index contributed by atoms with van der Waals surface area (Å²) in [7, 11) is 0.701. The van der Waals surface area contributed by atoms with E-state index in [4.69, 9.17) is 9.47 Å². The monoisotopic (exact) mass is 894 g/mol. The highest BCUT2D eigenvalue weighted by Crippen LogP contribution is 2.55. The van der Waals surface area contributed by atoms with E-state index in [-0.39, 0.29) is 16.2 Å². The van der Waals surface area contributed by atoms with Crippen molar-refractivity contribution in [2.75, 3.05) is 10.2 Å². The molecule has 0 radical (unpaired) electrons. The fourth-order valence-corrected chi connectivity index (χ4v) is 12.1. The van der Waals surface area contributed by atoms with Crippen LogP contribution in [0.15, 0.2) is 170 Å². The van der Waals surface area contributed by atoms with Crippen molar-refractivity contribution >= 4 is 57.4 Å². The molecule has 69 heavy (non-hydrogen) atoms. The molecule has 1 N–H and O–H groups in total. The summed E-state index contributed by atoms with van der Waals surface area (Å²) in [6, 6.07) is 62.4. The van der Waals surface area contributed by atoms with Gasteiger partial charge in [-0.05, 0) is 157 Å². The molecule has 0 unspecified atom stereocenters. The van der Waals surface area contributed by atoms with Crippen molar-refractivity contribution < 1.29 is 9.47 Å². The predicted molar refractivity (Wildman–Crippen MR) is 290 cm³/mol. The Balaban J connectivity index is 1.08. The molecule has 2 heterocycles. The lowest BCUT2D eigenvalue weighted by atomic mass is 9.57. The van der Waals surface area contributed by atoms with Gasteiger partial charge in [0.25, 0.3) is 0 Å². The van der Waals surface area contributed by atoms with Crippen molar-refractivity contribution in [3.8, 4) is 56.4 Å². The molecule has 0 amide bonds. The van der Waals surface area contributed by atoms with Crippen LogP contribution >= 0.6 is 0 Å². The highest BCUT2D eigenvalue weighted by Gasteiger charge is 2.41. The summed E-state index contributed by atoms with van der Waals surface area (Å²) in [5.41, 5.74) is 22.3. The Morgan fingerprint density at radius 3 is 1.88 bits per heavy atom. The average molecular weight is 895 g/mol. The normalized spacial score (nSPS) is 16.0. The lowest BCUT2D eigenvalue weighted by molar-refractivity contribution is 0.332. The molecule has 5 heteroatoms. The van der Waals surface area contributed by atoms with Crippen LogP contribution in [0.5, 0.6) is 23.0 Å². The van der Waals surface area contributed by atoms with Gasteiger partial charge in [-0.25, -0.2) is 0 Å². The molecule has 4 nitrogen and oxygen atoms in total. The van der Waals surface area contributed by atoms with Crippen LogP contribution in [0.25, 0.3) is 44.2 Å². The van der Waals surface area contributed by atoms with Gasteiger partial charge in [-0.1, -0.05) is 156 Å². The van der Waals surface area contributed by atoms with Crippen LogP contribution in [-0.4, -0.2) is 7.28 Å². The number of nitrogens with zero attached hydrogens (tertiary/aromatic N) is 1. The molecule has 2 aliphatic carbocycles. The van der Waals surface area contributed by atoms with Gasteiger partial charge < -0.3 is 19.7 Å². The largest absolute Gasteiger partial charge is 0.450 e. The van der Waals surface area contributed by atoms with Gasteiger partial charge in [0.2, 0.25) is 0 Å². The van der Waals surface area contributed by atoms with Crippen LogP contribution in [-0.2, 0) is 16.2 Å². The molecule has 9 aromatic carbocycles. The summed E-state index contributed by atoms with van der Waals surface area (Å²) in [6.07, 6.45) is 2.30. The maximum Gasteiger partial charge on any atom is 0.198 e. The van der Waals surface area contributed by atoms with E-state index in [0.717, 1.165) is 52.9 Å². The molecule has 4 aliphatic rings. The lowest BCUT2D eigenvalue weighted by Gasteiger charge is -2.44. The van der Waals surface area contributed by atoms with Crippen LogP contribution < -0.4 is 30.6 Å². The average Bonchev–Trinajstić information content (AvgIpc) is 3.57. The van der Waals surface area contributed by atoms with Crippen LogP contribution in [0.4, 0.5) is 28.4 Å². The molecule has 0 atom stereocenters. The van der Waals surface area contributed by atoms with E-state index in [2.05, 4.69) is 204 Å². The highest BCUT2D eigenvalue weighted by atomic mass is 16.6. The van der Waals surface area contributed by atoms with Crippen molar-refractivity contribution in [2.45, 2.75) is 77.6 Å². The smallest absolute Gasteiger partial charge is 0.198 e. The number of para-hydroxylation sites is 2. The number of nitrogens with one attached hydrogen (secondary N) is 1. The predicted octanol–water partition coefficient (Wildman–Crippen LogP) is 15.9. The van der Waals surface area contributed by atoms with Gasteiger partial charge in [0.1, 0.15) is 0 Å². The quantitative estimate of drug-likeness (QED) is 0.175. The summed E-state index contributed by atoms with van der Waals surface area (Å²) >= 11 is 0. The zero-order chi connectivity index (χ0) is 47.0. The minimum absolute atomic E-state index is 0.0220. The minimum atomic E-state index is -0.182. The molecule has 0 aromatic heterocycles. The number of benzene rings is 9. The second kappa shape index (κ2) is 15.0. The number of ether oxygens (including phenoxy) is 2. The molecular formula is C64H55BN2O2. The summed E-state index contributed by atoms with van der Waals surface area (Å²) in [4.78, 5) is 2.56. The van der Waals surface area contributed by atoms with Gasteiger partial charge in [-0.3, -0.25) is 0 Å². The van der Waals surface area contributed by atoms with Crippen molar-refractivity contribution in [3.63, 3.8) is 0 Å². The topological polar surface area (TPSA) is 33.7 Å². The molecule has 0 saturated heterocycles. The molecule has 0 bridgehead atoms. The van der Waals surface area contributed by atoms with E-state index in [1.165, 1.54) is 94.3 Å². The SMILES string of the molecule is Cc1cc2c(cc1N1c3cc4c(cc3Bc3c1cc1ccccc1c3-c1cc3c(cc1Nc1ccc(-c5ccccc5)cc1)C(C)(C)c1ccccc1-3)Oc1ccccc1O4)C(C)(C)CCC2(C)C. The Bertz CT molecular complexity index is 3610. The number of anilines is 5. The summed E-state index contributed by atoms with van der Waals surface area (Å²) in [5, 5.41) is 6.46. The Labute approximate surface area is 406 Å². The molecule has 0 spiro atoms. The number of hydrogen-bond acceptors (Lipinski definition) is 4. The van der Waals surface area contributed by atoms with Crippen LogP contribution in [0, 0.1) is 6.92 Å². The third kappa shape index (κ3) is 6.50. The van der Waals surface area contributed by atoms with Gasteiger partial charge in [0, 0.05) is 45.5 Å². The van der Waals surface area contributed by atoms with Gasteiger partial charge in [0.05, 0.1) is 0 Å². The van der Waals surface area contributed by atoms with Crippen molar-refractivity contribution in [3.05, 3.63) is 198 Å². The molecule has 0 fully saturated rings. The van der Waals surface area contributed by atoms with Crippen LogP contribution in [0.1, 0.15) is 82.2 Å².